The first-order valence-corrected chi connectivity index (χ1v) is 10.4. The molecule has 10 heteroatoms. The maximum Gasteiger partial charge on any atom is 0.314 e. The maximum atomic E-state index is 15.4. The highest BCUT2D eigenvalue weighted by molar-refractivity contribution is 6.00. The van der Waals surface area contributed by atoms with Crippen LogP contribution in [0.1, 0.15) is 31.7 Å². The van der Waals surface area contributed by atoms with Crippen molar-refractivity contribution in [2.75, 3.05) is 18.0 Å². The summed E-state index contributed by atoms with van der Waals surface area (Å²) >= 11 is 0. The molecular weight excluding hydrogens is 440 g/mol. The van der Waals surface area contributed by atoms with Crippen LogP contribution in [-0.4, -0.2) is 45.8 Å². The Morgan fingerprint density at radius 1 is 1.15 bits per heavy atom. The third-order valence-electron chi connectivity index (χ3n) is 5.59. The molecule has 6 nitrogen and oxygen atoms in total. The van der Waals surface area contributed by atoms with Gasteiger partial charge >= 0.3 is 6.43 Å². The summed E-state index contributed by atoms with van der Waals surface area (Å²) in [6.45, 7) is 3.57. The van der Waals surface area contributed by atoms with Crippen LogP contribution in [0, 0.1) is 5.82 Å². The Morgan fingerprint density at radius 3 is 2.42 bits per heavy atom. The van der Waals surface area contributed by atoms with Crippen LogP contribution in [0.3, 0.4) is 0 Å². The molecule has 0 unspecified atom stereocenters. The van der Waals surface area contributed by atoms with Crippen molar-refractivity contribution in [3.05, 3.63) is 65.8 Å². The Bertz CT molecular complexity index is 1130. The molecule has 0 aliphatic carbocycles. The van der Waals surface area contributed by atoms with Gasteiger partial charge in [0.25, 0.3) is 11.8 Å². The summed E-state index contributed by atoms with van der Waals surface area (Å²) in [5, 5.41) is 6.73. The molecule has 1 saturated heterocycles. The van der Waals surface area contributed by atoms with Crippen LogP contribution in [0.25, 0.3) is 11.5 Å². The normalized spacial score (nSPS) is 15.6. The van der Waals surface area contributed by atoms with E-state index < -0.39 is 29.7 Å². The lowest BCUT2D eigenvalue weighted by Crippen LogP contribution is -2.68. The van der Waals surface area contributed by atoms with E-state index in [9.17, 15) is 18.0 Å². The molecule has 1 fully saturated rings. The number of hydrogen-bond donors (Lipinski definition) is 0. The van der Waals surface area contributed by atoms with Gasteiger partial charge in [0.1, 0.15) is 5.82 Å². The van der Waals surface area contributed by atoms with Crippen LogP contribution in [0.2, 0.25) is 0 Å². The maximum absolute atomic E-state index is 15.4. The fourth-order valence-electron chi connectivity index (χ4n) is 3.65. The van der Waals surface area contributed by atoms with Gasteiger partial charge in [0, 0.05) is 35.9 Å². The van der Waals surface area contributed by atoms with Gasteiger partial charge in [-0.25, -0.2) is 8.78 Å². The lowest BCUT2D eigenvalue weighted by atomic mass is 9.92. The van der Waals surface area contributed by atoms with Gasteiger partial charge in [-0.15, -0.1) is 10.2 Å². The van der Waals surface area contributed by atoms with E-state index in [0.29, 0.717) is 5.69 Å². The molecule has 3 aromatic rings. The van der Waals surface area contributed by atoms with Gasteiger partial charge in [-0.3, -0.25) is 9.69 Å². The number of rotatable bonds is 7. The Labute approximate surface area is 187 Å². The van der Waals surface area contributed by atoms with Gasteiger partial charge in [0.15, 0.2) is 0 Å². The zero-order valence-electron chi connectivity index (χ0n) is 18.0. The SMILES string of the molecule is CC(C)N1CC(F)(C(=O)N(Cc2ccc(-c3nnc(C(F)F)o3)cc2F)c2ccccc2)C1. The van der Waals surface area contributed by atoms with Crippen molar-refractivity contribution in [2.24, 2.45) is 0 Å². The van der Waals surface area contributed by atoms with Crippen LogP contribution in [-0.2, 0) is 11.3 Å². The van der Waals surface area contributed by atoms with E-state index >= 15 is 4.39 Å². The number of anilines is 1. The molecule has 0 atom stereocenters. The summed E-state index contributed by atoms with van der Waals surface area (Å²) in [5.74, 6) is -2.58. The second kappa shape index (κ2) is 8.93. The number of alkyl halides is 3. The fraction of sp³-hybridized carbons (Fsp3) is 0.348. The zero-order valence-corrected chi connectivity index (χ0v) is 18.0. The van der Waals surface area contributed by atoms with Gasteiger partial charge in [-0.1, -0.05) is 24.3 Å². The van der Waals surface area contributed by atoms with E-state index in [0.717, 1.165) is 6.07 Å². The lowest BCUT2D eigenvalue weighted by Gasteiger charge is -2.47. The van der Waals surface area contributed by atoms with E-state index in [1.807, 2.05) is 18.7 Å². The Balaban J connectivity index is 1.59. The van der Waals surface area contributed by atoms with E-state index in [-0.39, 0.29) is 42.7 Å². The molecule has 4 rings (SSSR count). The van der Waals surface area contributed by atoms with Crippen molar-refractivity contribution in [3.63, 3.8) is 0 Å². The summed E-state index contributed by atoms with van der Waals surface area (Å²) in [6.07, 6.45) is -2.94. The Morgan fingerprint density at radius 2 is 1.85 bits per heavy atom. The van der Waals surface area contributed by atoms with Gasteiger partial charge in [0.05, 0.1) is 6.54 Å². The standard InChI is InChI=1S/C23H22F4N4O2/c1-14(2)30-12-23(27,13-30)22(32)31(17-6-4-3-5-7-17)11-16-9-8-15(10-18(16)24)20-28-29-21(33-20)19(25)26/h3-10,14,19H,11-13H2,1-2H3. The molecule has 1 aromatic heterocycles. The van der Waals surface area contributed by atoms with Crippen LogP contribution in [0.4, 0.5) is 23.2 Å². The summed E-state index contributed by atoms with van der Waals surface area (Å²) in [6, 6.07) is 12.4. The second-order valence-corrected chi connectivity index (χ2v) is 8.24. The molecule has 1 amide bonds. The molecule has 1 aliphatic heterocycles. The van der Waals surface area contributed by atoms with E-state index in [1.165, 1.54) is 17.0 Å². The number of nitrogens with zero attached hydrogens (tertiary/aromatic N) is 4. The van der Waals surface area contributed by atoms with Crippen LogP contribution < -0.4 is 4.90 Å². The number of carbonyl (C=O) groups excluding carboxylic acids is 1. The number of amides is 1. The Kier molecular flexibility index (Phi) is 6.20. The lowest BCUT2D eigenvalue weighted by molar-refractivity contribution is -0.144. The minimum absolute atomic E-state index is 0.0299. The van der Waals surface area contributed by atoms with Crippen molar-refractivity contribution < 1.29 is 26.8 Å². The molecule has 2 heterocycles. The van der Waals surface area contributed by atoms with Crippen molar-refractivity contribution in [1.29, 1.82) is 0 Å². The second-order valence-electron chi connectivity index (χ2n) is 8.24. The zero-order chi connectivity index (χ0) is 23.8. The van der Waals surface area contributed by atoms with Gasteiger partial charge < -0.3 is 9.32 Å². The predicted octanol–water partition coefficient (Wildman–Crippen LogP) is 4.78. The minimum Gasteiger partial charge on any atom is -0.415 e. The summed E-state index contributed by atoms with van der Waals surface area (Å²) in [7, 11) is 0. The monoisotopic (exact) mass is 462 g/mol. The molecule has 0 bridgehead atoms. The van der Waals surface area contributed by atoms with E-state index in [2.05, 4.69) is 10.2 Å². The van der Waals surface area contributed by atoms with Gasteiger partial charge in [-0.2, -0.15) is 8.78 Å². The highest BCUT2D eigenvalue weighted by Crippen LogP contribution is 2.33. The molecule has 174 valence electrons. The van der Waals surface area contributed by atoms with E-state index in [1.54, 1.807) is 30.3 Å². The number of likely N-dealkylation sites (tertiary alicyclic amines) is 1. The summed E-state index contributed by atoms with van der Waals surface area (Å²) in [5.41, 5.74) is -1.40. The third-order valence-corrected chi connectivity index (χ3v) is 5.59. The topological polar surface area (TPSA) is 62.5 Å². The number of halogens is 4. The van der Waals surface area contributed by atoms with E-state index in [4.69, 9.17) is 4.42 Å². The number of para-hydroxylation sites is 1. The molecular formula is C23H22F4N4O2. The highest BCUT2D eigenvalue weighted by Gasteiger charge is 2.52. The van der Waals surface area contributed by atoms with Gasteiger partial charge in [0.2, 0.25) is 11.6 Å². The molecule has 33 heavy (non-hydrogen) atoms. The van der Waals surface area contributed by atoms with Crippen molar-refractivity contribution >= 4 is 11.6 Å². The number of carbonyl (C=O) groups is 1. The molecule has 0 saturated carbocycles. The van der Waals surface area contributed by atoms with Crippen LogP contribution >= 0.6 is 0 Å². The smallest absolute Gasteiger partial charge is 0.314 e. The fourth-order valence-corrected chi connectivity index (χ4v) is 3.65. The van der Waals surface area contributed by atoms with Crippen molar-refractivity contribution in [3.8, 4) is 11.5 Å². The summed E-state index contributed by atoms with van der Waals surface area (Å²) < 4.78 is 60.5. The first kappa shape index (κ1) is 22.9. The molecule has 0 spiro atoms. The Hall–Kier alpha value is -3.27. The molecule has 2 aromatic carbocycles. The average Bonchev–Trinajstić information content (AvgIpc) is 3.27. The number of benzene rings is 2. The minimum atomic E-state index is -2.94. The van der Waals surface area contributed by atoms with Crippen LogP contribution in [0.5, 0.6) is 0 Å². The third kappa shape index (κ3) is 4.61. The number of aromatic nitrogens is 2. The molecule has 0 radical (unpaired) electrons. The van der Waals surface area contributed by atoms with Crippen LogP contribution in [0.15, 0.2) is 52.9 Å². The van der Waals surface area contributed by atoms with Crippen molar-refractivity contribution in [2.45, 2.75) is 38.5 Å². The summed E-state index contributed by atoms with van der Waals surface area (Å²) in [4.78, 5) is 16.2. The number of hydrogen-bond acceptors (Lipinski definition) is 5. The molecule has 0 N–H and O–H groups in total. The predicted molar refractivity (Wildman–Crippen MR) is 113 cm³/mol. The average molecular weight is 462 g/mol. The largest absolute Gasteiger partial charge is 0.415 e. The highest BCUT2D eigenvalue weighted by atomic mass is 19.3. The molecule has 1 aliphatic rings. The van der Waals surface area contributed by atoms with Crippen molar-refractivity contribution in [1.82, 2.24) is 15.1 Å². The first-order valence-electron chi connectivity index (χ1n) is 10.4. The van der Waals surface area contributed by atoms with Gasteiger partial charge in [-0.05, 0) is 38.1 Å². The first-order chi connectivity index (χ1) is 15.7. The quantitative estimate of drug-likeness (QED) is 0.473.